The number of carbonyl (C=O) groups excluding carboxylic acids is 1. The Hall–Kier alpha value is -1.36. The maximum absolute atomic E-state index is 11.7. The molecule has 1 aromatic rings. The molecule has 1 aliphatic rings. The van der Waals surface area contributed by atoms with Gasteiger partial charge in [0.05, 0.1) is 4.88 Å². The van der Waals surface area contributed by atoms with Crippen LogP contribution in [0.5, 0.6) is 0 Å². The van der Waals surface area contributed by atoms with E-state index in [1.54, 1.807) is 6.07 Å². The zero-order chi connectivity index (χ0) is 12.3. The van der Waals surface area contributed by atoms with Gasteiger partial charge in [-0.2, -0.15) is 0 Å². The Morgan fingerprint density at radius 2 is 2.06 bits per heavy atom. The second-order valence-electron chi connectivity index (χ2n) is 4.31. The van der Waals surface area contributed by atoms with Gasteiger partial charge in [0.25, 0.3) is 5.91 Å². The molecule has 0 atom stereocenters. The second-order valence-corrected chi connectivity index (χ2v) is 5.39. The summed E-state index contributed by atoms with van der Waals surface area (Å²) in [6.07, 6.45) is 4.89. The molecule has 2 rings (SSSR count). The minimum absolute atomic E-state index is 0.165. The molecule has 92 valence electrons. The van der Waals surface area contributed by atoms with Crippen LogP contribution in [0.3, 0.4) is 0 Å². The van der Waals surface area contributed by atoms with E-state index in [-0.39, 0.29) is 10.8 Å². The maximum Gasteiger partial charge on any atom is 0.345 e. The van der Waals surface area contributed by atoms with Crippen molar-refractivity contribution >= 4 is 23.2 Å². The quantitative estimate of drug-likeness (QED) is 0.846. The van der Waals surface area contributed by atoms with Crippen molar-refractivity contribution in [1.29, 1.82) is 0 Å². The van der Waals surface area contributed by atoms with Crippen molar-refractivity contribution in [3.63, 3.8) is 0 Å². The number of amides is 1. The highest BCUT2D eigenvalue weighted by Gasteiger charge is 2.17. The molecule has 0 saturated heterocycles. The summed E-state index contributed by atoms with van der Waals surface area (Å²) >= 11 is 1.02. The van der Waals surface area contributed by atoms with Crippen LogP contribution in [-0.2, 0) is 0 Å². The van der Waals surface area contributed by atoms with Gasteiger partial charge in [0, 0.05) is 6.54 Å². The molecule has 0 aliphatic heterocycles. The van der Waals surface area contributed by atoms with Gasteiger partial charge in [0.1, 0.15) is 4.88 Å². The molecule has 0 unspecified atom stereocenters. The summed E-state index contributed by atoms with van der Waals surface area (Å²) in [5.74, 6) is -0.376. The largest absolute Gasteiger partial charge is 0.477 e. The van der Waals surface area contributed by atoms with Crippen LogP contribution >= 0.6 is 11.3 Å². The second kappa shape index (κ2) is 5.31. The number of carbonyl (C=O) groups is 2. The average Bonchev–Trinajstić information content (AvgIpc) is 2.70. The van der Waals surface area contributed by atoms with Gasteiger partial charge >= 0.3 is 5.97 Å². The molecule has 1 aromatic heterocycles. The van der Waals surface area contributed by atoms with E-state index in [4.69, 9.17) is 5.11 Å². The van der Waals surface area contributed by atoms with Crippen molar-refractivity contribution in [3.8, 4) is 0 Å². The zero-order valence-electron chi connectivity index (χ0n) is 9.44. The van der Waals surface area contributed by atoms with Crippen LogP contribution in [0.15, 0.2) is 12.1 Å². The molecule has 4 nitrogen and oxygen atoms in total. The molecule has 1 aliphatic carbocycles. The molecule has 1 fully saturated rings. The van der Waals surface area contributed by atoms with Crippen LogP contribution < -0.4 is 5.32 Å². The third-order valence-corrected chi connectivity index (χ3v) is 4.18. The standard InChI is InChI=1S/C12H15NO3S/c14-11(13-7-6-8-2-1-3-8)9-4-5-10(17-9)12(15)16/h4-5,8H,1-3,6-7H2,(H,13,14)(H,15,16). The van der Waals surface area contributed by atoms with Crippen molar-refractivity contribution in [3.05, 3.63) is 21.9 Å². The van der Waals surface area contributed by atoms with Crippen molar-refractivity contribution in [2.24, 2.45) is 5.92 Å². The minimum atomic E-state index is -0.983. The van der Waals surface area contributed by atoms with E-state index in [0.717, 1.165) is 23.7 Å². The van der Waals surface area contributed by atoms with Crippen LogP contribution in [0.1, 0.15) is 45.0 Å². The number of thiophene rings is 1. The lowest BCUT2D eigenvalue weighted by Gasteiger charge is -2.24. The summed E-state index contributed by atoms with van der Waals surface area (Å²) in [5.41, 5.74) is 0. The lowest BCUT2D eigenvalue weighted by atomic mass is 9.83. The van der Waals surface area contributed by atoms with Crippen LogP contribution in [0.2, 0.25) is 0 Å². The third-order valence-electron chi connectivity index (χ3n) is 3.10. The Labute approximate surface area is 104 Å². The first kappa shape index (κ1) is 12.1. The van der Waals surface area contributed by atoms with Gasteiger partial charge in [-0.3, -0.25) is 4.79 Å². The molecule has 0 spiro atoms. The molecule has 0 bridgehead atoms. The summed E-state index contributed by atoms with van der Waals surface area (Å²) < 4.78 is 0. The first-order valence-electron chi connectivity index (χ1n) is 5.78. The number of carboxylic acids is 1. The van der Waals surface area contributed by atoms with Gasteiger partial charge in [0.15, 0.2) is 0 Å². The van der Waals surface area contributed by atoms with Crippen molar-refractivity contribution in [1.82, 2.24) is 5.32 Å². The van der Waals surface area contributed by atoms with Gasteiger partial charge in [-0.25, -0.2) is 4.79 Å². The highest BCUT2D eigenvalue weighted by atomic mass is 32.1. The van der Waals surface area contributed by atoms with Gasteiger partial charge in [0.2, 0.25) is 0 Å². The van der Waals surface area contributed by atoms with Crippen molar-refractivity contribution in [2.75, 3.05) is 6.54 Å². The number of aromatic carboxylic acids is 1. The molecule has 1 amide bonds. The molecule has 5 heteroatoms. The molecular weight excluding hydrogens is 238 g/mol. The molecular formula is C12H15NO3S. The fourth-order valence-corrected chi connectivity index (χ4v) is 2.59. The molecule has 1 heterocycles. The minimum Gasteiger partial charge on any atom is -0.477 e. The lowest BCUT2D eigenvalue weighted by Crippen LogP contribution is -2.26. The number of rotatable bonds is 5. The Bertz CT molecular complexity index is 423. The van der Waals surface area contributed by atoms with E-state index >= 15 is 0 Å². The van der Waals surface area contributed by atoms with E-state index in [2.05, 4.69) is 5.32 Å². The summed E-state index contributed by atoms with van der Waals surface area (Å²) in [6, 6.07) is 3.03. The SMILES string of the molecule is O=C(O)c1ccc(C(=O)NCCC2CCC2)s1. The monoisotopic (exact) mass is 253 g/mol. The van der Waals surface area contributed by atoms with Gasteiger partial charge in [-0.15, -0.1) is 11.3 Å². The fraction of sp³-hybridized carbons (Fsp3) is 0.500. The van der Waals surface area contributed by atoms with Crippen LogP contribution in [0.25, 0.3) is 0 Å². The van der Waals surface area contributed by atoms with E-state index < -0.39 is 5.97 Å². The van der Waals surface area contributed by atoms with E-state index in [0.29, 0.717) is 11.4 Å². The summed E-state index contributed by atoms with van der Waals surface area (Å²) in [6.45, 7) is 0.684. The van der Waals surface area contributed by atoms with Gasteiger partial charge in [-0.05, 0) is 24.5 Å². The molecule has 2 N–H and O–H groups in total. The molecule has 1 saturated carbocycles. The molecule has 0 aromatic carbocycles. The van der Waals surface area contributed by atoms with Gasteiger partial charge < -0.3 is 10.4 Å². The molecule has 0 radical (unpaired) electrons. The Balaban J connectivity index is 1.79. The highest BCUT2D eigenvalue weighted by Crippen LogP contribution is 2.28. The van der Waals surface area contributed by atoms with Crippen LogP contribution in [-0.4, -0.2) is 23.5 Å². The summed E-state index contributed by atoms with van der Waals surface area (Å²) in [5, 5.41) is 11.6. The Morgan fingerprint density at radius 3 is 2.59 bits per heavy atom. The van der Waals surface area contributed by atoms with Crippen LogP contribution in [0.4, 0.5) is 0 Å². The Kier molecular flexibility index (Phi) is 3.78. The normalized spacial score (nSPS) is 15.3. The smallest absolute Gasteiger partial charge is 0.345 e. The summed E-state index contributed by atoms with van der Waals surface area (Å²) in [7, 11) is 0. The van der Waals surface area contributed by atoms with Crippen molar-refractivity contribution < 1.29 is 14.7 Å². The Morgan fingerprint density at radius 1 is 1.35 bits per heavy atom. The maximum atomic E-state index is 11.7. The summed E-state index contributed by atoms with van der Waals surface area (Å²) in [4.78, 5) is 23.0. The van der Waals surface area contributed by atoms with Crippen molar-refractivity contribution in [2.45, 2.75) is 25.7 Å². The lowest BCUT2D eigenvalue weighted by molar-refractivity contribution is 0.0702. The predicted octanol–water partition coefficient (Wildman–Crippen LogP) is 2.37. The number of carboxylic acid groups (broad SMARTS) is 1. The number of nitrogens with one attached hydrogen (secondary N) is 1. The number of hydrogen-bond acceptors (Lipinski definition) is 3. The van der Waals surface area contributed by atoms with E-state index in [9.17, 15) is 9.59 Å². The highest BCUT2D eigenvalue weighted by molar-refractivity contribution is 7.15. The third kappa shape index (κ3) is 3.06. The van der Waals surface area contributed by atoms with Gasteiger partial charge in [-0.1, -0.05) is 19.3 Å². The van der Waals surface area contributed by atoms with E-state index in [1.807, 2.05) is 0 Å². The number of hydrogen-bond donors (Lipinski definition) is 2. The first-order valence-corrected chi connectivity index (χ1v) is 6.60. The first-order chi connectivity index (χ1) is 8.16. The zero-order valence-corrected chi connectivity index (χ0v) is 10.3. The molecule has 17 heavy (non-hydrogen) atoms. The topological polar surface area (TPSA) is 66.4 Å². The van der Waals surface area contributed by atoms with E-state index in [1.165, 1.54) is 25.3 Å². The predicted molar refractivity (Wildman–Crippen MR) is 65.6 cm³/mol. The average molecular weight is 253 g/mol. The van der Waals surface area contributed by atoms with Crippen LogP contribution in [0, 0.1) is 5.92 Å². The fourth-order valence-electron chi connectivity index (χ4n) is 1.83.